The summed E-state index contributed by atoms with van der Waals surface area (Å²) in [6.45, 7) is 10.6. The highest BCUT2D eigenvalue weighted by atomic mass is 15.4. The van der Waals surface area contributed by atoms with Crippen LogP contribution in [0.3, 0.4) is 0 Å². The van der Waals surface area contributed by atoms with E-state index in [1.165, 1.54) is 0 Å². The van der Waals surface area contributed by atoms with Gasteiger partial charge in [-0.3, -0.25) is 0 Å². The Bertz CT molecular complexity index is 465. The molecule has 0 spiro atoms. The van der Waals surface area contributed by atoms with Crippen LogP contribution in [0.4, 0.5) is 0 Å². The molecule has 1 aromatic carbocycles. The highest BCUT2D eigenvalue weighted by molar-refractivity contribution is 5.74. The van der Waals surface area contributed by atoms with E-state index in [0.717, 1.165) is 11.0 Å². The molecule has 1 heterocycles. The number of fused-ring (bicyclic) bond motifs is 1. The first-order chi connectivity index (χ1) is 7.00. The molecule has 0 aliphatic carbocycles. The summed E-state index contributed by atoms with van der Waals surface area (Å²) in [5, 5.41) is 8.29. The number of rotatable bonds is 1. The minimum Gasteiger partial charge on any atom is -0.241 e. The highest BCUT2D eigenvalue weighted by Gasteiger charge is 2.24. The molecule has 1 radical (unpaired) electrons. The fraction of sp³-hybridized carbons (Fsp3) is 0.417. The van der Waals surface area contributed by atoms with Crippen molar-refractivity contribution in [3.8, 4) is 0 Å². The third-order valence-electron chi connectivity index (χ3n) is 2.67. The number of benzene rings is 1. The average Bonchev–Trinajstić information content (AvgIpc) is 2.58. The molecule has 2 aromatic rings. The van der Waals surface area contributed by atoms with Gasteiger partial charge >= 0.3 is 0 Å². The second kappa shape index (κ2) is 3.33. The molecular weight excluding hydrogens is 186 g/mol. The van der Waals surface area contributed by atoms with Crippen LogP contribution in [0.1, 0.15) is 26.8 Å². The van der Waals surface area contributed by atoms with Crippen molar-refractivity contribution >= 4 is 11.0 Å². The van der Waals surface area contributed by atoms with Crippen LogP contribution in [0.15, 0.2) is 24.3 Å². The Morgan fingerprint density at radius 1 is 1.27 bits per heavy atom. The van der Waals surface area contributed by atoms with E-state index in [2.05, 4.69) is 38.0 Å². The van der Waals surface area contributed by atoms with Crippen LogP contribution in [-0.4, -0.2) is 15.0 Å². The lowest BCUT2D eigenvalue weighted by Gasteiger charge is -2.27. The van der Waals surface area contributed by atoms with Gasteiger partial charge in [-0.05, 0) is 24.5 Å². The Morgan fingerprint density at radius 3 is 2.60 bits per heavy atom. The summed E-state index contributed by atoms with van der Waals surface area (Å²) in [6, 6.07) is 8.05. The van der Waals surface area contributed by atoms with Crippen molar-refractivity contribution in [2.45, 2.75) is 26.8 Å². The van der Waals surface area contributed by atoms with Crippen molar-refractivity contribution in [3.05, 3.63) is 31.2 Å². The predicted octanol–water partition coefficient (Wildman–Crippen LogP) is 2.85. The van der Waals surface area contributed by atoms with Crippen molar-refractivity contribution < 1.29 is 0 Å². The molecule has 1 aromatic heterocycles. The molecule has 0 amide bonds. The molecule has 3 heteroatoms. The number of nitrogens with zero attached hydrogens (tertiary/aromatic N) is 3. The standard InChI is InChI=1S/C12H16N3/c1-9(12(2,3)4)15-11-8-6-5-7-10(11)13-14-15/h5-9H,1H2,2-4H3. The second-order valence-electron chi connectivity index (χ2n) is 4.90. The van der Waals surface area contributed by atoms with Gasteiger partial charge in [0.05, 0.1) is 11.6 Å². The highest BCUT2D eigenvalue weighted by Crippen LogP contribution is 2.30. The van der Waals surface area contributed by atoms with Gasteiger partial charge in [0.15, 0.2) is 0 Å². The SMILES string of the molecule is [CH2]C(n1nnc2ccccc21)C(C)(C)C. The van der Waals surface area contributed by atoms with Crippen LogP contribution in [0.5, 0.6) is 0 Å². The monoisotopic (exact) mass is 202 g/mol. The van der Waals surface area contributed by atoms with E-state index < -0.39 is 0 Å². The maximum absolute atomic E-state index is 4.17. The minimum atomic E-state index is 0.0798. The summed E-state index contributed by atoms with van der Waals surface area (Å²) in [5.74, 6) is 0. The molecule has 79 valence electrons. The Kier molecular flexibility index (Phi) is 2.25. The molecule has 0 bridgehead atoms. The van der Waals surface area contributed by atoms with Gasteiger partial charge in [0.1, 0.15) is 5.52 Å². The van der Waals surface area contributed by atoms with Crippen LogP contribution in [-0.2, 0) is 0 Å². The molecule has 0 aliphatic rings. The lowest BCUT2D eigenvalue weighted by Crippen LogP contribution is -2.22. The number of hydrogen-bond donors (Lipinski definition) is 0. The first-order valence-corrected chi connectivity index (χ1v) is 5.13. The van der Waals surface area contributed by atoms with E-state index >= 15 is 0 Å². The quantitative estimate of drug-likeness (QED) is 0.712. The third kappa shape index (κ3) is 1.74. The van der Waals surface area contributed by atoms with Crippen molar-refractivity contribution in [3.63, 3.8) is 0 Å². The van der Waals surface area contributed by atoms with Gasteiger partial charge in [-0.25, -0.2) is 4.68 Å². The van der Waals surface area contributed by atoms with Gasteiger partial charge in [-0.15, -0.1) is 5.10 Å². The van der Waals surface area contributed by atoms with Crippen LogP contribution in [0.25, 0.3) is 11.0 Å². The molecule has 0 saturated heterocycles. The average molecular weight is 202 g/mol. The zero-order valence-electron chi connectivity index (χ0n) is 9.44. The Labute approximate surface area is 90.1 Å². The number of hydrogen-bond acceptors (Lipinski definition) is 2. The van der Waals surface area contributed by atoms with Crippen LogP contribution in [0.2, 0.25) is 0 Å². The van der Waals surface area contributed by atoms with Crippen molar-refractivity contribution in [1.29, 1.82) is 0 Å². The second-order valence-corrected chi connectivity index (χ2v) is 4.90. The maximum atomic E-state index is 4.17. The topological polar surface area (TPSA) is 30.7 Å². The summed E-state index contributed by atoms with van der Waals surface area (Å²) in [5.41, 5.74) is 2.05. The largest absolute Gasteiger partial charge is 0.241 e. The van der Waals surface area contributed by atoms with Gasteiger partial charge in [0.2, 0.25) is 0 Å². The Hall–Kier alpha value is -1.38. The van der Waals surface area contributed by atoms with Gasteiger partial charge in [0, 0.05) is 0 Å². The van der Waals surface area contributed by atoms with Crippen LogP contribution >= 0.6 is 0 Å². The van der Waals surface area contributed by atoms with Gasteiger partial charge in [0.25, 0.3) is 0 Å². The van der Waals surface area contributed by atoms with Gasteiger partial charge in [-0.1, -0.05) is 38.1 Å². The fourth-order valence-corrected chi connectivity index (χ4v) is 1.48. The van der Waals surface area contributed by atoms with E-state index in [1.54, 1.807) is 0 Å². The zero-order chi connectivity index (χ0) is 11.1. The lowest BCUT2D eigenvalue weighted by molar-refractivity contribution is 0.273. The Morgan fingerprint density at radius 2 is 1.93 bits per heavy atom. The lowest BCUT2D eigenvalue weighted by atomic mass is 9.88. The molecule has 0 saturated carbocycles. The first kappa shape index (κ1) is 10.1. The smallest absolute Gasteiger partial charge is 0.113 e. The molecule has 3 nitrogen and oxygen atoms in total. The maximum Gasteiger partial charge on any atom is 0.113 e. The summed E-state index contributed by atoms with van der Waals surface area (Å²) < 4.78 is 1.90. The number of para-hydroxylation sites is 1. The van der Waals surface area contributed by atoms with E-state index in [9.17, 15) is 0 Å². The van der Waals surface area contributed by atoms with E-state index in [4.69, 9.17) is 0 Å². The van der Waals surface area contributed by atoms with Crippen molar-refractivity contribution in [2.24, 2.45) is 5.41 Å². The number of aromatic nitrogens is 3. The predicted molar refractivity (Wildman–Crippen MR) is 61.4 cm³/mol. The first-order valence-electron chi connectivity index (χ1n) is 5.13. The molecule has 2 rings (SSSR count). The summed E-state index contributed by atoms with van der Waals surface area (Å²) in [7, 11) is 0. The summed E-state index contributed by atoms with van der Waals surface area (Å²) in [6.07, 6.45) is 0. The normalized spacial score (nSPS) is 14.4. The van der Waals surface area contributed by atoms with Crippen molar-refractivity contribution in [1.82, 2.24) is 15.0 Å². The summed E-state index contributed by atoms with van der Waals surface area (Å²) in [4.78, 5) is 0. The molecule has 0 aliphatic heterocycles. The Balaban J connectivity index is 2.53. The zero-order valence-corrected chi connectivity index (χ0v) is 9.44. The van der Waals surface area contributed by atoms with Crippen molar-refractivity contribution in [2.75, 3.05) is 0 Å². The van der Waals surface area contributed by atoms with Gasteiger partial charge < -0.3 is 0 Å². The molecule has 15 heavy (non-hydrogen) atoms. The molecule has 0 fully saturated rings. The van der Waals surface area contributed by atoms with Gasteiger partial charge in [-0.2, -0.15) is 0 Å². The molecule has 1 atom stereocenters. The molecule has 1 unspecified atom stereocenters. The minimum absolute atomic E-state index is 0.0798. The molecular formula is C12H16N3. The van der Waals surface area contributed by atoms with E-state index in [-0.39, 0.29) is 11.5 Å². The summed E-state index contributed by atoms with van der Waals surface area (Å²) >= 11 is 0. The molecule has 0 N–H and O–H groups in total. The third-order valence-corrected chi connectivity index (χ3v) is 2.67. The van der Waals surface area contributed by atoms with Crippen LogP contribution in [0, 0.1) is 12.3 Å². The van der Waals surface area contributed by atoms with Crippen LogP contribution < -0.4 is 0 Å². The van der Waals surface area contributed by atoms with E-state index in [0.29, 0.717) is 0 Å². The fourth-order valence-electron chi connectivity index (χ4n) is 1.48. The van der Waals surface area contributed by atoms with E-state index in [1.807, 2.05) is 28.9 Å².